The summed E-state index contributed by atoms with van der Waals surface area (Å²) in [6.07, 6.45) is -1.68. The van der Waals surface area contributed by atoms with Crippen LogP contribution < -0.4 is 15.4 Å². The summed E-state index contributed by atoms with van der Waals surface area (Å²) in [6.45, 7) is 2.73. The van der Waals surface area contributed by atoms with Crippen molar-refractivity contribution in [3.8, 4) is 11.6 Å². The Morgan fingerprint density at radius 2 is 1.71 bits per heavy atom. The molecule has 0 radical (unpaired) electrons. The highest BCUT2D eigenvalue weighted by Crippen LogP contribution is 2.20. The maximum absolute atomic E-state index is 12.7. The Bertz CT molecular complexity index is 1110. The average Bonchev–Trinajstić information content (AvgIpc) is 3.27. The van der Waals surface area contributed by atoms with Crippen molar-refractivity contribution in [3.63, 3.8) is 0 Å². The van der Waals surface area contributed by atoms with Crippen molar-refractivity contribution in [1.82, 2.24) is 25.4 Å². The van der Waals surface area contributed by atoms with E-state index in [4.69, 9.17) is 0 Å². The number of benzene rings is 1. The van der Waals surface area contributed by atoms with E-state index in [-0.39, 0.29) is 36.4 Å². The number of pyridine rings is 1. The van der Waals surface area contributed by atoms with Crippen LogP contribution in [0.5, 0.6) is 5.88 Å². The van der Waals surface area contributed by atoms with Gasteiger partial charge in [0.2, 0.25) is 5.88 Å². The molecule has 2 N–H and O–H groups in total. The largest absolute Gasteiger partial charge is 0.468 e. The molecule has 0 saturated carbocycles. The first-order valence-corrected chi connectivity index (χ1v) is 10.5. The van der Waals surface area contributed by atoms with Crippen LogP contribution in [0.2, 0.25) is 0 Å². The van der Waals surface area contributed by atoms with Crippen molar-refractivity contribution in [2.24, 2.45) is 0 Å². The van der Waals surface area contributed by atoms with Gasteiger partial charge in [0.15, 0.2) is 6.61 Å². The molecule has 0 spiro atoms. The van der Waals surface area contributed by atoms with Crippen molar-refractivity contribution in [1.29, 1.82) is 0 Å². The molecule has 2 aromatic heterocycles. The highest BCUT2D eigenvalue weighted by atomic mass is 19.4. The van der Waals surface area contributed by atoms with E-state index in [1.807, 2.05) is 44.2 Å². The minimum atomic E-state index is -4.47. The van der Waals surface area contributed by atoms with Gasteiger partial charge in [0.25, 0.3) is 11.8 Å². The van der Waals surface area contributed by atoms with Crippen LogP contribution in [-0.4, -0.2) is 52.5 Å². The first kappa shape index (κ1) is 24.7. The first-order valence-electron chi connectivity index (χ1n) is 10.5. The number of nitrogens with one attached hydrogen (secondary N) is 2. The maximum Gasteiger partial charge on any atom is 0.422 e. The summed E-state index contributed by atoms with van der Waals surface area (Å²) in [5, 5.41) is 9.91. The van der Waals surface area contributed by atoms with Gasteiger partial charge in [-0.2, -0.15) is 18.3 Å². The van der Waals surface area contributed by atoms with Gasteiger partial charge in [0, 0.05) is 31.5 Å². The lowest BCUT2D eigenvalue weighted by Crippen LogP contribution is -2.35. The van der Waals surface area contributed by atoms with Gasteiger partial charge in [-0.1, -0.05) is 32.0 Å². The van der Waals surface area contributed by atoms with E-state index in [1.165, 1.54) is 12.1 Å². The van der Waals surface area contributed by atoms with E-state index >= 15 is 0 Å². The molecule has 0 aliphatic rings. The molecule has 0 aliphatic carbocycles. The van der Waals surface area contributed by atoms with Crippen molar-refractivity contribution in [2.75, 3.05) is 19.7 Å². The molecule has 2 heterocycles. The molecule has 34 heavy (non-hydrogen) atoms. The molecule has 0 atom stereocenters. The van der Waals surface area contributed by atoms with E-state index in [1.54, 1.807) is 10.9 Å². The standard InChI is InChI=1S/C23H24F3N5O3/c1-15(2)20-18(13-31(30-20)17-6-4-3-5-7-17)22(33)28-11-10-27-21(32)16-8-9-19(29-12-16)34-14-23(24,25)26/h3-9,12-13,15H,10-11,14H2,1-2H3,(H,27,32)(H,28,33). The molecule has 11 heteroatoms. The first-order chi connectivity index (χ1) is 16.1. The van der Waals surface area contributed by atoms with E-state index in [0.29, 0.717) is 11.3 Å². The summed E-state index contributed by atoms with van der Waals surface area (Å²) in [4.78, 5) is 28.6. The molecular weight excluding hydrogens is 451 g/mol. The van der Waals surface area contributed by atoms with Gasteiger partial charge in [-0.25, -0.2) is 9.67 Å². The molecule has 0 fully saturated rings. The number of carbonyl (C=O) groups excluding carboxylic acids is 2. The van der Waals surface area contributed by atoms with Crippen LogP contribution in [0.1, 0.15) is 46.2 Å². The zero-order chi connectivity index (χ0) is 24.7. The SMILES string of the molecule is CC(C)c1nn(-c2ccccc2)cc1C(=O)NCCNC(=O)c1ccc(OCC(F)(F)F)nc1. The molecule has 3 rings (SSSR count). The van der Waals surface area contributed by atoms with Gasteiger partial charge in [-0.15, -0.1) is 0 Å². The summed E-state index contributed by atoms with van der Waals surface area (Å²) in [5.74, 6) is -1.00. The second-order valence-corrected chi connectivity index (χ2v) is 7.66. The number of aromatic nitrogens is 3. The molecule has 0 saturated heterocycles. The van der Waals surface area contributed by atoms with Crippen LogP contribution in [0, 0.1) is 0 Å². The Labute approximate surface area is 194 Å². The smallest absolute Gasteiger partial charge is 0.422 e. The van der Waals surface area contributed by atoms with E-state index < -0.39 is 18.7 Å². The molecule has 3 aromatic rings. The Balaban J connectivity index is 1.51. The van der Waals surface area contributed by atoms with E-state index in [2.05, 4.69) is 25.5 Å². The second-order valence-electron chi connectivity index (χ2n) is 7.66. The number of amides is 2. The van der Waals surface area contributed by atoms with Gasteiger partial charge in [-0.3, -0.25) is 9.59 Å². The molecule has 1 aromatic carbocycles. The van der Waals surface area contributed by atoms with Gasteiger partial charge in [0.05, 0.1) is 22.5 Å². The lowest BCUT2D eigenvalue weighted by atomic mass is 10.1. The number of para-hydroxylation sites is 1. The van der Waals surface area contributed by atoms with Crippen molar-refractivity contribution in [2.45, 2.75) is 25.9 Å². The minimum absolute atomic E-state index is 0.0287. The van der Waals surface area contributed by atoms with Crippen molar-refractivity contribution < 1.29 is 27.5 Å². The zero-order valence-electron chi connectivity index (χ0n) is 18.6. The summed E-state index contributed by atoms with van der Waals surface area (Å²) in [5.41, 5.74) is 2.09. The number of hydrogen-bond donors (Lipinski definition) is 2. The number of rotatable bonds is 9. The topological polar surface area (TPSA) is 98.1 Å². The van der Waals surface area contributed by atoms with Gasteiger partial charge < -0.3 is 15.4 Å². The molecule has 180 valence electrons. The highest BCUT2D eigenvalue weighted by molar-refractivity contribution is 5.96. The quantitative estimate of drug-likeness (QED) is 0.462. The van der Waals surface area contributed by atoms with Crippen LogP contribution in [0.25, 0.3) is 5.69 Å². The third-order valence-corrected chi connectivity index (χ3v) is 4.63. The molecular formula is C23H24F3N5O3. The molecule has 0 bridgehead atoms. The maximum atomic E-state index is 12.7. The summed E-state index contributed by atoms with van der Waals surface area (Å²) >= 11 is 0. The fourth-order valence-electron chi connectivity index (χ4n) is 3.01. The van der Waals surface area contributed by atoms with E-state index in [0.717, 1.165) is 11.9 Å². The predicted molar refractivity (Wildman–Crippen MR) is 118 cm³/mol. The normalized spacial score (nSPS) is 11.4. The minimum Gasteiger partial charge on any atom is -0.468 e. The number of carbonyl (C=O) groups is 2. The van der Waals surface area contributed by atoms with Crippen LogP contribution in [-0.2, 0) is 0 Å². The van der Waals surface area contributed by atoms with Crippen LogP contribution >= 0.6 is 0 Å². The number of nitrogens with zero attached hydrogens (tertiary/aromatic N) is 3. The van der Waals surface area contributed by atoms with Gasteiger partial charge >= 0.3 is 6.18 Å². The fourth-order valence-corrected chi connectivity index (χ4v) is 3.01. The number of alkyl halides is 3. The van der Waals surface area contributed by atoms with Gasteiger partial charge in [-0.05, 0) is 24.1 Å². The van der Waals surface area contributed by atoms with E-state index in [9.17, 15) is 22.8 Å². The summed E-state index contributed by atoms with van der Waals surface area (Å²) < 4.78 is 42.7. The summed E-state index contributed by atoms with van der Waals surface area (Å²) in [6, 6.07) is 11.9. The number of ether oxygens (including phenoxy) is 1. The predicted octanol–water partition coefficient (Wildman–Crippen LogP) is 3.49. The van der Waals surface area contributed by atoms with Crippen LogP contribution in [0.15, 0.2) is 54.9 Å². The monoisotopic (exact) mass is 475 g/mol. The van der Waals surface area contributed by atoms with Crippen molar-refractivity contribution >= 4 is 11.8 Å². The zero-order valence-corrected chi connectivity index (χ0v) is 18.6. The summed E-state index contributed by atoms with van der Waals surface area (Å²) in [7, 11) is 0. The molecule has 0 aliphatic heterocycles. The lowest BCUT2D eigenvalue weighted by Gasteiger charge is -2.09. The lowest BCUT2D eigenvalue weighted by molar-refractivity contribution is -0.154. The Morgan fingerprint density at radius 1 is 1.03 bits per heavy atom. The average molecular weight is 475 g/mol. The Kier molecular flexibility index (Phi) is 7.87. The highest BCUT2D eigenvalue weighted by Gasteiger charge is 2.28. The Hall–Kier alpha value is -3.89. The van der Waals surface area contributed by atoms with Gasteiger partial charge in [0.1, 0.15) is 0 Å². The van der Waals surface area contributed by atoms with Crippen molar-refractivity contribution in [3.05, 3.63) is 71.7 Å². The third kappa shape index (κ3) is 6.80. The van der Waals surface area contributed by atoms with Crippen LogP contribution in [0.3, 0.4) is 0 Å². The Morgan fingerprint density at radius 3 is 2.29 bits per heavy atom. The molecule has 8 nitrogen and oxygen atoms in total. The molecule has 0 unspecified atom stereocenters. The number of hydrogen-bond acceptors (Lipinski definition) is 5. The van der Waals surface area contributed by atoms with Crippen LogP contribution in [0.4, 0.5) is 13.2 Å². The molecule has 2 amide bonds. The fraction of sp³-hybridized carbons (Fsp3) is 0.304. The third-order valence-electron chi connectivity index (χ3n) is 4.63. The number of halogens is 3. The second kappa shape index (κ2) is 10.8.